The topological polar surface area (TPSA) is 94.6 Å². The van der Waals surface area contributed by atoms with Crippen molar-refractivity contribution in [3.8, 4) is 22.8 Å². The number of aromatic nitrogens is 1. The number of carbonyl (C=O) groups is 1. The summed E-state index contributed by atoms with van der Waals surface area (Å²) >= 11 is 0. The predicted octanol–water partition coefficient (Wildman–Crippen LogP) is 3.18. The lowest BCUT2D eigenvalue weighted by atomic mass is 10.1. The standard InChI is InChI=1S/C21H18N2O5S/c1-29(25,26)19-3-2-10-22-20(19)14-4-6-15(7-5-14)21(24)23-16-8-9-17-18(13-16)28-12-11-27-17/h2-10,13H,11-12H2,1H3,(H,23,24). The summed E-state index contributed by atoms with van der Waals surface area (Å²) in [5, 5.41) is 2.82. The predicted molar refractivity (Wildman–Crippen MR) is 108 cm³/mol. The summed E-state index contributed by atoms with van der Waals surface area (Å²) in [5.41, 5.74) is 1.99. The Morgan fingerprint density at radius 3 is 2.45 bits per heavy atom. The van der Waals surface area contributed by atoms with Crippen LogP contribution in [-0.4, -0.2) is 38.8 Å². The Hall–Kier alpha value is -3.39. The van der Waals surface area contributed by atoms with Crippen molar-refractivity contribution in [3.63, 3.8) is 0 Å². The number of sulfone groups is 1. The molecule has 3 aromatic rings. The Balaban J connectivity index is 1.55. The van der Waals surface area contributed by atoms with Crippen molar-refractivity contribution in [2.45, 2.75) is 4.90 Å². The van der Waals surface area contributed by atoms with Gasteiger partial charge < -0.3 is 14.8 Å². The smallest absolute Gasteiger partial charge is 0.255 e. The van der Waals surface area contributed by atoms with Crippen LogP contribution in [-0.2, 0) is 9.84 Å². The molecule has 2 heterocycles. The summed E-state index contributed by atoms with van der Waals surface area (Å²) in [4.78, 5) is 16.9. The molecule has 0 radical (unpaired) electrons. The molecule has 0 unspecified atom stereocenters. The average molecular weight is 410 g/mol. The van der Waals surface area contributed by atoms with Gasteiger partial charge >= 0.3 is 0 Å². The normalized spacial score (nSPS) is 13.0. The zero-order valence-corrected chi connectivity index (χ0v) is 16.4. The minimum absolute atomic E-state index is 0.147. The Kier molecular flexibility index (Phi) is 4.94. The Labute approximate surface area is 168 Å². The lowest BCUT2D eigenvalue weighted by Gasteiger charge is -2.19. The SMILES string of the molecule is CS(=O)(=O)c1cccnc1-c1ccc(C(=O)Nc2ccc3c(c2)OCCO3)cc1. The van der Waals surface area contributed by atoms with Crippen LogP contribution in [0.1, 0.15) is 10.4 Å². The van der Waals surface area contributed by atoms with Crippen molar-refractivity contribution in [1.82, 2.24) is 4.98 Å². The molecule has 1 aromatic heterocycles. The van der Waals surface area contributed by atoms with E-state index < -0.39 is 9.84 Å². The fourth-order valence-corrected chi connectivity index (χ4v) is 3.86. The second-order valence-electron chi connectivity index (χ2n) is 6.51. The number of carbonyl (C=O) groups excluding carboxylic acids is 1. The maximum atomic E-state index is 12.6. The van der Waals surface area contributed by atoms with E-state index in [0.29, 0.717) is 47.2 Å². The summed E-state index contributed by atoms with van der Waals surface area (Å²) < 4.78 is 35.0. The number of nitrogens with one attached hydrogen (secondary N) is 1. The number of pyridine rings is 1. The molecule has 0 spiro atoms. The van der Waals surface area contributed by atoms with Gasteiger partial charge in [0.25, 0.3) is 5.91 Å². The lowest BCUT2D eigenvalue weighted by Crippen LogP contribution is -2.16. The van der Waals surface area contributed by atoms with Crippen molar-refractivity contribution < 1.29 is 22.7 Å². The Bertz CT molecular complexity index is 1170. The van der Waals surface area contributed by atoms with Crippen molar-refractivity contribution in [2.75, 3.05) is 24.8 Å². The van der Waals surface area contributed by atoms with Gasteiger partial charge in [-0.15, -0.1) is 0 Å². The second-order valence-corrected chi connectivity index (χ2v) is 8.50. The number of benzene rings is 2. The number of amides is 1. The van der Waals surface area contributed by atoms with E-state index in [4.69, 9.17) is 9.47 Å². The lowest BCUT2D eigenvalue weighted by molar-refractivity contribution is 0.102. The minimum atomic E-state index is -3.42. The molecular formula is C21H18N2O5S. The summed E-state index contributed by atoms with van der Waals surface area (Å²) in [6.45, 7) is 0.969. The highest BCUT2D eigenvalue weighted by Gasteiger charge is 2.17. The molecule has 1 aliphatic heterocycles. The third-order valence-electron chi connectivity index (χ3n) is 4.39. The number of hydrogen-bond donors (Lipinski definition) is 1. The van der Waals surface area contributed by atoms with Gasteiger partial charge in [-0.3, -0.25) is 9.78 Å². The molecule has 1 N–H and O–H groups in total. The first-order valence-corrected chi connectivity index (χ1v) is 10.8. The van der Waals surface area contributed by atoms with E-state index in [1.807, 2.05) is 0 Å². The van der Waals surface area contributed by atoms with Gasteiger partial charge in [-0.25, -0.2) is 8.42 Å². The quantitative estimate of drug-likeness (QED) is 0.710. The van der Waals surface area contributed by atoms with Crippen molar-refractivity contribution in [2.24, 2.45) is 0 Å². The summed E-state index contributed by atoms with van der Waals surface area (Å²) in [6.07, 6.45) is 2.68. The monoisotopic (exact) mass is 410 g/mol. The average Bonchev–Trinajstić information content (AvgIpc) is 2.73. The minimum Gasteiger partial charge on any atom is -0.486 e. The molecule has 0 atom stereocenters. The molecule has 0 aliphatic carbocycles. The fourth-order valence-electron chi connectivity index (χ4n) is 3.01. The third kappa shape index (κ3) is 4.07. The van der Waals surface area contributed by atoms with Crippen LogP contribution in [0, 0.1) is 0 Å². The van der Waals surface area contributed by atoms with Gasteiger partial charge in [-0.2, -0.15) is 0 Å². The highest BCUT2D eigenvalue weighted by Crippen LogP contribution is 2.33. The third-order valence-corrected chi connectivity index (χ3v) is 5.52. The van der Waals surface area contributed by atoms with E-state index in [0.717, 1.165) is 6.26 Å². The molecule has 1 aliphatic rings. The maximum Gasteiger partial charge on any atom is 0.255 e. The number of anilines is 1. The maximum absolute atomic E-state index is 12.6. The van der Waals surface area contributed by atoms with Gasteiger partial charge in [-0.1, -0.05) is 12.1 Å². The van der Waals surface area contributed by atoms with Crippen LogP contribution >= 0.6 is 0 Å². The summed E-state index contributed by atoms with van der Waals surface area (Å²) in [6, 6.07) is 14.9. The molecule has 8 heteroatoms. The van der Waals surface area contributed by atoms with E-state index in [1.165, 1.54) is 12.3 Å². The first-order valence-electron chi connectivity index (χ1n) is 8.88. The highest BCUT2D eigenvalue weighted by atomic mass is 32.2. The van der Waals surface area contributed by atoms with Crippen LogP contribution in [0.4, 0.5) is 5.69 Å². The first-order chi connectivity index (χ1) is 13.9. The second kappa shape index (κ2) is 7.56. The van der Waals surface area contributed by atoms with Gasteiger partial charge in [0.15, 0.2) is 21.3 Å². The fraction of sp³-hybridized carbons (Fsp3) is 0.143. The molecule has 2 aromatic carbocycles. The molecule has 29 heavy (non-hydrogen) atoms. The molecule has 0 saturated heterocycles. The molecule has 0 bridgehead atoms. The molecule has 148 valence electrons. The van der Waals surface area contributed by atoms with Crippen LogP contribution in [0.15, 0.2) is 65.7 Å². The van der Waals surface area contributed by atoms with Crippen LogP contribution < -0.4 is 14.8 Å². The number of rotatable bonds is 4. The zero-order valence-electron chi connectivity index (χ0n) is 15.6. The molecule has 1 amide bonds. The van der Waals surface area contributed by atoms with Crippen LogP contribution in [0.2, 0.25) is 0 Å². The molecule has 0 fully saturated rings. The van der Waals surface area contributed by atoms with Gasteiger partial charge in [0.2, 0.25) is 0 Å². The summed E-state index contributed by atoms with van der Waals surface area (Å²) in [7, 11) is -3.42. The van der Waals surface area contributed by atoms with E-state index >= 15 is 0 Å². The molecule has 0 saturated carbocycles. The summed E-state index contributed by atoms with van der Waals surface area (Å²) in [5.74, 6) is 0.945. The van der Waals surface area contributed by atoms with Crippen molar-refractivity contribution >= 4 is 21.4 Å². The zero-order chi connectivity index (χ0) is 20.4. The van der Waals surface area contributed by atoms with Crippen molar-refractivity contribution in [1.29, 1.82) is 0 Å². The van der Waals surface area contributed by atoms with E-state index in [9.17, 15) is 13.2 Å². The number of ether oxygens (including phenoxy) is 2. The van der Waals surface area contributed by atoms with Crippen LogP contribution in [0.3, 0.4) is 0 Å². The van der Waals surface area contributed by atoms with Crippen LogP contribution in [0.25, 0.3) is 11.3 Å². The van der Waals surface area contributed by atoms with Gasteiger partial charge in [0.05, 0.1) is 10.6 Å². The number of hydrogen-bond acceptors (Lipinski definition) is 6. The Morgan fingerprint density at radius 1 is 1.00 bits per heavy atom. The highest BCUT2D eigenvalue weighted by molar-refractivity contribution is 7.90. The van der Waals surface area contributed by atoms with Gasteiger partial charge in [-0.05, 0) is 36.4 Å². The molecule has 4 rings (SSSR count). The first kappa shape index (κ1) is 18.9. The van der Waals surface area contributed by atoms with E-state index in [1.54, 1.807) is 48.5 Å². The largest absolute Gasteiger partial charge is 0.486 e. The molecule has 7 nitrogen and oxygen atoms in total. The number of fused-ring (bicyclic) bond motifs is 1. The Morgan fingerprint density at radius 2 is 1.72 bits per heavy atom. The van der Waals surface area contributed by atoms with Crippen molar-refractivity contribution in [3.05, 3.63) is 66.4 Å². The van der Waals surface area contributed by atoms with Gasteiger partial charge in [0.1, 0.15) is 13.2 Å². The van der Waals surface area contributed by atoms with E-state index in [2.05, 4.69) is 10.3 Å². The molecular weight excluding hydrogens is 392 g/mol. The van der Waals surface area contributed by atoms with Gasteiger partial charge in [0, 0.05) is 35.3 Å². The van der Waals surface area contributed by atoms with Crippen LogP contribution in [0.5, 0.6) is 11.5 Å². The van der Waals surface area contributed by atoms with E-state index in [-0.39, 0.29) is 10.8 Å². The number of nitrogens with zero attached hydrogens (tertiary/aromatic N) is 1.